The van der Waals surface area contributed by atoms with Crippen molar-refractivity contribution in [2.24, 2.45) is 25.9 Å². The van der Waals surface area contributed by atoms with Crippen molar-refractivity contribution in [3.63, 3.8) is 0 Å². The van der Waals surface area contributed by atoms with E-state index < -0.39 is 0 Å². The number of thioether (sulfide) groups is 1. The largest absolute Gasteiger partial charge is 0.508 e. The number of methoxy groups -OCH3 is 1. The second-order valence-electron chi connectivity index (χ2n) is 7.94. The second-order valence-corrected chi connectivity index (χ2v) is 9.00. The van der Waals surface area contributed by atoms with Crippen molar-refractivity contribution in [1.29, 1.82) is 0 Å². The number of ether oxygens (including phenoxy) is 1. The number of hydrogen-bond donors (Lipinski definition) is 2. The lowest BCUT2D eigenvalue weighted by Crippen LogP contribution is -2.25. The molecule has 1 aromatic heterocycles. The molecule has 0 amide bonds. The van der Waals surface area contributed by atoms with Crippen LogP contribution in [0.25, 0.3) is 0 Å². The summed E-state index contributed by atoms with van der Waals surface area (Å²) in [6.45, 7) is 4.87. The highest BCUT2D eigenvalue weighted by atomic mass is 32.2. The quantitative estimate of drug-likeness (QED) is 0.281. The molecule has 2 heterocycles. The first-order valence-corrected chi connectivity index (χ1v) is 12.2. The fourth-order valence-corrected chi connectivity index (χ4v) is 4.55. The molecule has 1 aliphatic heterocycles. The zero-order valence-electron chi connectivity index (χ0n) is 20.3. The van der Waals surface area contributed by atoms with Crippen molar-refractivity contribution in [1.82, 2.24) is 4.98 Å². The van der Waals surface area contributed by atoms with E-state index in [4.69, 9.17) is 10.5 Å². The molecule has 9 nitrogen and oxygen atoms in total. The average Bonchev–Trinajstić information content (AvgIpc) is 3.33. The molecule has 3 aromatic rings. The zero-order valence-corrected chi connectivity index (χ0v) is 21.1. The SMILES string of the molecule is COc1cc(C)c(N2CCS/C2=N/N=C\c2ccc(C(N)=NC=Nc3ccc(O)cc3)cc2)c(C)n1. The molecule has 184 valence electrons. The van der Waals surface area contributed by atoms with E-state index in [1.165, 1.54) is 6.34 Å². The van der Waals surface area contributed by atoms with Gasteiger partial charge in [-0.1, -0.05) is 36.0 Å². The molecule has 1 fully saturated rings. The number of phenols is 1. The van der Waals surface area contributed by atoms with Crippen LogP contribution in [0.15, 0.2) is 74.8 Å². The maximum absolute atomic E-state index is 9.32. The van der Waals surface area contributed by atoms with Gasteiger partial charge in [-0.25, -0.2) is 15.0 Å². The summed E-state index contributed by atoms with van der Waals surface area (Å²) in [6, 6.07) is 16.0. The molecule has 0 bridgehead atoms. The Kier molecular flexibility index (Phi) is 7.96. The molecule has 1 aliphatic rings. The van der Waals surface area contributed by atoms with Gasteiger partial charge in [0.15, 0.2) is 5.17 Å². The van der Waals surface area contributed by atoms with Gasteiger partial charge in [-0.15, -0.1) is 5.10 Å². The Morgan fingerprint density at radius 1 is 1.14 bits per heavy atom. The maximum Gasteiger partial charge on any atom is 0.213 e. The van der Waals surface area contributed by atoms with Crippen molar-refractivity contribution >= 4 is 46.7 Å². The highest BCUT2D eigenvalue weighted by molar-refractivity contribution is 8.14. The molecule has 2 aromatic carbocycles. The van der Waals surface area contributed by atoms with E-state index in [-0.39, 0.29) is 5.75 Å². The fourth-order valence-electron chi connectivity index (χ4n) is 3.65. The summed E-state index contributed by atoms with van der Waals surface area (Å²) < 4.78 is 5.28. The molecule has 4 rings (SSSR count). The molecular weight excluding hydrogens is 474 g/mol. The van der Waals surface area contributed by atoms with Crippen LogP contribution in [-0.2, 0) is 0 Å². The van der Waals surface area contributed by atoms with Crippen molar-refractivity contribution in [2.75, 3.05) is 24.3 Å². The van der Waals surface area contributed by atoms with E-state index in [0.29, 0.717) is 17.4 Å². The maximum atomic E-state index is 9.32. The Labute approximate surface area is 214 Å². The van der Waals surface area contributed by atoms with Gasteiger partial charge in [0.1, 0.15) is 17.9 Å². The van der Waals surface area contributed by atoms with E-state index >= 15 is 0 Å². The Hall–Kier alpha value is -4.18. The summed E-state index contributed by atoms with van der Waals surface area (Å²) in [6.07, 6.45) is 3.10. The van der Waals surface area contributed by atoms with Gasteiger partial charge >= 0.3 is 0 Å². The summed E-state index contributed by atoms with van der Waals surface area (Å²) in [5.41, 5.74) is 11.4. The van der Waals surface area contributed by atoms with Crippen molar-refractivity contribution in [3.05, 3.63) is 77.0 Å². The molecule has 36 heavy (non-hydrogen) atoms. The van der Waals surface area contributed by atoms with Gasteiger partial charge in [0, 0.05) is 23.9 Å². The minimum absolute atomic E-state index is 0.186. The molecule has 1 saturated heterocycles. The number of nitrogens with two attached hydrogens (primary N) is 1. The Bertz CT molecular complexity index is 1310. The summed E-state index contributed by atoms with van der Waals surface area (Å²) in [7, 11) is 1.62. The molecule has 0 spiro atoms. The molecular formula is C26H27N7O2S. The van der Waals surface area contributed by atoms with E-state index in [1.54, 1.807) is 49.4 Å². The highest BCUT2D eigenvalue weighted by Gasteiger charge is 2.25. The van der Waals surface area contributed by atoms with Crippen LogP contribution in [0.4, 0.5) is 11.4 Å². The summed E-state index contributed by atoms with van der Waals surface area (Å²) in [5.74, 6) is 2.07. The first kappa shape index (κ1) is 24.9. The van der Waals surface area contributed by atoms with Crippen LogP contribution in [0.3, 0.4) is 0 Å². The summed E-state index contributed by atoms with van der Waals surface area (Å²) >= 11 is 1.67. The third-order valence-electron chi connectivity index (χ3n) is 5.40. The molecule has 0 saturated carbocycles. The normalized spacial score (nSPS) is 15.5. The number of amidine groups is 2. The van der Waals surface area contributed by atoms with Crippen molar-refractivity contribution < 1.29 is 9.84 Å². The zero-order chi connectivity index (χ0) is 25.5. The lowest BCUT2D eigenvalue weighted by atomic mass is 10.1. The number of aromatic nitrogens is 1. The lowest BCUT2D eigenvalue weighted by molar-refractivity contribution is 0.396. The minimum Gasteiger partial charge on any atom is -0.508 e. The van der Waals surface area contributed by atoms with Gasteiger partial charge in [0.2, 0.25) is 5.88 Å². The number of aromatic hydroxyl groups is 1. The van der Waals surface area contributed by atoms with Crippen LogP contribution >= 0.6 is 11.8 Å². The predicted molar refractivity (Wildman–Crippen MR) is 149 cm³/mol. The third kappa shape index (κ3) is 6.08. The van der Waals surface area contributed by atoms with Crippen LogP contribution in [-0.4, -0.2) is 53.1 Å². The first-order chi connectivity index (χ1) is 17.4. The lowest BCUT2D eigenvalue weighted by Gasteiger charge is -2.21. The Balaban J connectivity index is 1.42. The first-order valence-electron chi connectivity index (χ1n) is 11.2. The van der Waals surface area contributed by atoms with Crippen LogP contribution in [0, 0.1) is 13.8 Å². The van der Waals surface area contributed by atoms with Crippen molar-refractivity contribution in [2.45, 2.75) is 13.8 Å². The summed E-state index contributed by atoms with van der Waals surface area (Å²) in [5, 5.41) is 18.9. The summed E-state index contributed by atoms with van der Waals surface area (Å²) in [4.78, 5) is 15.0. The van der Waals surface area contributed by atoms with E-state index in [2.05, 4.69) is 30.1 Å². The number of phenolic OH excluding ortho intramolecular Hbond substituents is 1. The number of aryl methyl sites for hydroxylation is 2. The minimum atomic E-state index is 0.186. The predicted octanol–water partition coefficient (Wildman–Crippen LogP) is 4.42. The van der Waals surface area contributed by atoms with E-state index in [1.807, 2.05) is 44.2 Å². The monoisotopic (exact) mass is 501 g/mol. The van der Waals surface area contributed by atoms with Gasteiger partial charge in [-0.05, 0) is 49.2 Å². The van der Waals surface area contributed by atoms with E-state index in [9.17, 15) is 5.11 Å². The van der Waals surface area contributed by atoms with Crippen LogP contribution in [0.5, 0.6) is 11.6 Å². The van der Waals surface area contributed by atoms with Gasteiger partial charge in [-0.3, -0.25) is 0 Å². The number of aliphatic imine (C=N–C) groups is 2. The fraction of sp³-hybridized carbons (Fsp3) is 0.192. The Morgan fingerprint density at radius 3 is 2.58 bits per heavy atom. The third-order valence-corrected chi connectivity index (χ3v) is 6.35. The van der Waals surface area contributed by atoms with E-state index in [0.717, 1.165) is 45.5 Å². The van der Waals surface area contributed by atoms with Crippen LogP contribution < -0.4 is 15.4 Å². The standard InChI is InChI=1S/C26H27N7O2S/c1-17-14-23(35-3)31-18(2)24(17)33-12-13-36-26(33)32-30-15-19-4-6-20(7-5-19)25(27)29-16-28-21-8-10-22(34)11-9-21/h4-11,14-16,34H,12-13H2,1-3H3,(H2,27,28,29)/b30-15-,32-26+. The number of anilines is 1. The number of nitrogens with zero attached hydrogens (tertiary/aromatic N) is 6. The highest BCUT2D eigenvalue weighted by Crippen LogP contribution is 2.32. The molecule has 0 unspecified atom stereocenters. The van der Waals surface area contributed by atoms with Crippen LogP contribution in [0.1, 0.15) is 22.4 Å². The van der Waals surface area contributed by atoms with Gasteiger partial charge in [-0.2, -0.15) is 5.10 Å². The van der Waals surface area contributed by atoms with Gasteiger partial charge in [0.05, 0.1) is 30.4 Å². The number of pyridine rings is 1. The molecule has 10 heteroatoms. The number of benzene rings is 2. The number of rotatable bonds is 7. The van der Waals surface area contributed by atoms with Crippen molar-refractivity contribution in [3.8, 4) is 11.6 Å². The molecule has 0 radical (unpaired) electrons. The topological polar surface area (TPSA) is 121 Å². The van der Waals surface area contributed by atoms with Crippen LogP contribution in [0.2, 0.25) is 0 Å². The average molecular weight is 502 g/mol. The second kappa shape index (κ2) is 11.5. The molecule has 0 aliphatic carbocycles. The van der Waals surface area contributed by atoms with Gasteiger partial charge < -0.3 is 20.5 Å². The van der Waals surface area contributed by atoms with Gasteiger partial charge in [0.25, 0.3) is 0 Å². The smallest absolute Gasteiger partial charge is 0.213 e. The molecule has 0 atom stereocenters. The molecule has 3 N–H and O–H groups in total. The Morgan fingerprint density at radius 2 is 1.89 bits per heavy atom. The number of hydrogen-bond acceptors (Lipinski definition) is 7.